The summed E-state index contributed by atoms with van der Waals surface area (Å²) < 4.78 is 0. The summed E-state index contributed by atoms with van der Waals surface area (Å²) in [6.07, 6.45) is 0. The highest BCUT2D eigenvalue weighted by Gasteiger charge is 2.13. The van der Waals surface area contributed by atoms with Crippen LogP contribution in [0.2, 0.25) is 0 Å². The second kappa shape index (κ2) is 15.1. The number of hydrogen-bond donors (Lipinski definition) is 3. The Balaban J connectivity index is 0. The minimum Gasteiger partial charge on any atom is -0.510 e. The Kier molecular flexibility index (Phi) is 14.6. The maximum atomic E-state index is 12.1. The van der Waals surface area contributed by atoms with Gasteiger partial charge in [-0.25, -0.2) is 0 Å². The fourth-order valence-corrected chi connectivity index (χ4v) is 1.65. The zero-order valence-corrected chi connectivity index (χ0v) is 15.9. The fourth-order valence-electron chi connectivity index (χ4n) is 1.65. The van der Waals surface area contributed by atoms with E-state index in [0.717, 1.165) is 0 Å². The molecule has 0 aliphatic heterocycles. The second-order valence-corrected chi connectivity index (χ2v) is 4.44. The summed E-state index contributed by atoms with van der Waals surface area (Å²) in [4.78, 5) is 12.1. The third kappa shape index (κ3) is 9.21. The van der Waals surface area contributed by atoms with Gasteiger partial charge in [-0.05, 0) is 31.2 Å². The van der Waals surface area contributed by atoms with Gasteiger partial charge < -0.3 is 15.5 Å². The van der Waals surface area contributed by atoms with E-state index >= 15 is 0 Å². The van der Waals surface area contributed by atoms with Crippen molar-refractivity contribution >= 4 is 17.3 Å². The van der Waals surface area contributed by atoms with Gasteiger partial charge in [-0.1, -0.05) is 65.5 Å². The number of carbonyl (C=O) groups is 1. The first-order valence-electron chi connectivity index (χ1n) is 8.54. The molecule has 0 atom stereocenters. The number of phenolic OH excluding ortho intramolecular Hbond substituents is 1. The fraction of sp³-hybridized carbons (Fsp3) is 0.286. The van der Waals surface area contributed by atoms with Gasteiger partial charge in [0.1, 0.15) is 17.2 Å². The number of benzene rings is 2. The van der Waals surface area contributed by atoms with Crippen molar-refractivity contribution < 1.29 is 15.0 Å². The van der Waals surface area contributed by atoms with E-state index in [2.05, 4.69) is 15.5 Å². The lowest BCUT2D eigenvalue weighted by atomic mass is 10.3. The number of amides is 1. The van der Waals surface area contributed by atoms with Gasteiger partial charge in [-0.15, -0.1) is 10.2 Å². The number of hydrogen-bond acceptors (Lipinski definition) is 5. The summed E-state index contributed by atoms with van der Waals surface area (Å²) >= 11 is 0. The third-order valence-electron chi connectivity index (χ3n) is 2.73. The van der Waals surface area contributed by atoms with E-state index < -0.39 is 5.91 Å². The average molecular weight is 373 g/mol. The van der Waals surface area contributed by atoms with Crippen LogP contribution in [0.3, 0.4) is 0 Å². The van der Waals surface area contributed by atoms with E-state index in [1.54, 1.807) is 36.4 Å². The Hall–Kier alpha value is -3.15. The Morgan fingerprint density at radius 3 is 1.96 bits per heavy atom. The van der Waals surface area contributed by atoms with E-state index in [4.69, 9.17) is 0 Å². The van der Waals surface area contributed by atoms with E-state index in [9.17, 15) is 15.0 Å². The molecule has 0 radical (unpaired) electrons. The van der Waals surface area contributed by atoms with Crippen LogP contribution < -0.4 is 5.32 Å². The number of nitrogens with zero attached hydrogens (tertiary/aromatic N) is 2. The number of aliphatic hydroxyl groups excluding tert-OH is 1. The van der Waals surface area contributed by atoms with Crippen molar-refractivity contribution in [2.75, 3.05) is 5.32 Å². The molecule has 1 amide bonds. The maximum Gasteiger partial charge on any atom is 0.279 e. The molecule has 6 nitrogen and oxygen atoms in total. The maximum absolute atomic E-state index is 12.1. The number of aliphatic hydroxyl groups is 1. The molecule has 2 rings (SSSR count). The smallest absolute Gasteiger partial charge is 0.279 e. The molecule has 0 aliphatic rings. The Bertz CT molecular complexity index is 722. The number of para-hydroxylation sites is 2. The number of rotatable bonds is 4. The van der Waals surface area contributed by atoms with E-state index in [1.165, 1.54) is 19.1 Å². The Morgan fingerprint density at radius 2 is 1.44 bits per heavy atom. The first kappa shape index (κ1) is 26.1. The predicted octanol–water partition coefficient (Wildman–Crippen LogP) is 6.59. The molecule has 0 aliphatic carbocycles. The topological polar surface area (TPSA) is 94.3 Å². The molecule has 0 spiro atoms. The van der Waals surface area contributed by atoms with Crippen molar-refractivity contribution in [3.63, 3.8) is 0 Å². The molecule has 0 heterocycles. The lowest BCUT2D eigenvalue weighted by Gasteiger charge is -2.05. The van der Waals surface area contributed by atoms with Crippen molar-refractivity contribution in [1.82, 2.24) is 0 Å². The first-order chi connectivity index (χ1) is 12.6. The quantitative estimate of drug-likeness (QED) is 0.320. The van der Waals surface area contributed by atoms with Crippen LogP contribution in [0.25, 0.3) is 0 Å². The van der Waals surface area contributed by atoms with E-state index in [0.29, 0.717) is 5.69 Å². The zero-order valence-electron chi connectivity index (χ0n) is 15.9. The van der Waals surface area contributed by atoms with Crippen molar-refractivity contribution in [1.29, 1.82) is 0 Å². The minimum atomic E-state index is -0.592. The van der Waals surface area contributed by atoms with Gasteiger partial charge in [0.15, 0.2) is 5.70 Å². The van der Waals surface area contributed by atoms with E-state index in [-0.39, 0.29) is 30.3 Å². The van der Waals surface area contributed by atoms with Gasteiger partial charge >= 0.3 is 0 Å². The summed E-state index contributed by atoms with van der Waals surface area (Å²) in [6, 6.07) is 15.1. The summed E-state index contributed by atoms with van der Waals surface area (Å²) in [6.45, 7) is 9.34. The molecule has 2 aromatic carbocycles. The molecule has 27 heavy (non-hydrogen) atoms. The van der Waals surface area contributed by atoms with Gasteiger partial charge in [0.25, 0.3) is 5.91 Å². The normalized spacial score (nSPS) is 10.3. The number of nitrogens with one attached hydrogen (secondary N) is 1. The van der Waals surface area contributed by atoms with Crippen molar-refractivity contribution in [2.45, 2.75) is 42.0 Å². The SMILES string of the molecule is C.C/C(O)=C(/N=Nc1ccccc1O)C(=O)Nc1ccccc1.CC.CC. The number of carbonyl (C=O) groups excluding carboxylic acids is 1. The number of aromatic hydroxyl groups is 1. The molecular formula is C21H31N3O3. The van der Waals surface area contributed by atoms with Crippen molar-refractivity contribution in [3.8, 4) is 5.75 Å². The number of anilines is 1. The molecule has 0 aromatic heterocycles. The van der Waals surface area contributed by atoms with Gasteiger partial charge in [0.2, 0.25) is 0 Å². The van der Waals surface area contributed by atoms with Crippen LogP contribution in [-0.2, 0) is 4.79 Å². The number of azo groups is 1. The number of phenols is 1. The molecule has 0 saturated heterocycles. The van der Waals surface area contributed by atoms with E-state index in [1.807, 2.05) is 33.8 Å². The highest BCUT2D eigenvalue weighted by molar-refractivity contribution is 6.03. The van der Waals surface area contributed by atoms with Crippen LogP contribution in [0, 0.1) is 0 Å². The highest BCUT2D eigenvalue weighted by Crippen LogP contribution is 2.26. The molecule has 6 heteroatoms. The van der Waals surface area contributed by atoms with Crippen LogP contribution in [-0.4, -0.2) is 16.1 Å². The zero-order chi connectivity index (χ0) is 19.9. The third-order valence-corrected chi connectivity index (χ3v) is 2.73. The molecule has 0 unspecified atom stereocenters. The molecule has 2 aromatic rings. The molecule has 0 saturated carbocycles. The van der Waals surface area contributed by atoms with Crippen LogP contribution in [0.5, 0.6) is 5.75 Å². The van der Waals surface area contributed by atoms with Crippen LogP contribution in [0.1, 0.15) is 42.0 Å². The molecular weight excluding hydrogens is 342 g/mol. The Morgan fingerprint density at radius 1 is 0.926 bits per heavy atom. The summed E-state index contributed by atoms with van der Waals surface area (Å²) in [5, 5.41) is 29.3. The Labute approximate surface area is 162 Å². The predicted molar refractivity (Wildman–Crippen MR) is 112 cm³/mol. The summed E-state index contributed by atoms with van der Waals surface area (Å²) in [5.41, 5.74) is 0.546. The monoisotopic (exact) mass is 373 g/mol. The molecule has 0 bridgehead atoms. The largest absolute Gasteiger partial charge is 0.510 e. The summed E-state index contributed by atoms with van der Waals surface area (Å²) in [5.74, 6) is -0.928. The minimum absolute atomic E-state index is 0. The van der Waals surface area contributed by atoms with Gasteiger partial charge in [-0.2, -0.15) is 0 Å². The van der Waals surface area contributed by atoms with Gasteiger partial charge in [0, 0.05) is 5.69 Å². The highest BCUT2D eigenvalue weighted by atomic mass is 16.3. The van der Waals surface area contributed by atoms with Gasteiger partial charge in [0.05, 0.1) is 0 Å². The number of allylic oxidation sites excluding steroid dienone is 1. The molecule has 0 fully saturated rings. The molecule has 148 valence electrons. The van der Waals surface area contributed by atoms with Crippen molar-refractivity contribution in [2.24, 2.45) is 10.2 Å². The summed E-state index contributed by atoms with van der Waals surface area (Å²) in [7, 11) is 0. The first-order valence-corrected chi connectivity index (χ1v) is 8.54. The van der Waals surface area contributed by atoms with Crippen molar-refractivity contribution in [3.05, 3.63) is 66.1 Å². The van der Waals surface area contributed by atoms with Crippen LogP contribution in [0.15, 0.2) is 76.3 Å². The van der Waals surface area contributed by atoms with Crippen LogP contribution >= 0.6 is 0 Å². The van der Waals surface area contributed by atoms with Gasteiger partial charge in [-0.3, -0.25) is 4.79 Å². The lowest BCUT2D eigenvalue weighted by molar-refractivity contribution is -0.113. The second-order valence-electron chi connectivity index (χ2n) is 4.44. The average Bonchev–Trinajstić information content (AvgIpc) is 2.67. The van der Waals surface area contributed by atoms with Crippen LogP contribution in [0.4, 0.5) is 11.4 Å². The standard InChI is InChI=1S/C16H15N3O3.2C2H6.CH4/c1-11(20)15(16(22)17-12-7-3-2-4-8-12)19-18-13-9-5-6-10-14(13)21;2*1-2;/h2-10,20-21H,1H3,(H,17,22);2*1-2H3;1H4/b15-11-,19-18?;;;. The molecule has 3 N–H and O–H groups in total. The lowest BCUT2D eigenvalue weighted by Crippen LogP contribution is -2.14.